The summed E-state index contributed by atoms with van der Waals surface area (Å²) in [5, 5.41) is 9.22. The highest BCUT2D eigenvalue weighted by atomic mass is 31.2. The third-order valence-electron chi connectivity index (χ3n) is 3.71. The molecule has 0 aliphatic carbocycles. The molecule has 0 aromatic rings. The SMILES string of the molecule is CCCCCCCCCCCCP1(=O)OCC(O)CO1. The molecular formula is C15H31O4P. The van der Waals surface area contributed by atoms with E-state index < -0.39 is 13.7 Å². The van der Waals surface area contributed by atoms with Gasteiger partial charge in [-0.2, -0.15) is 0 Å². The van der Waals surface area contributed by atoms with Crippen LogP contribution < -0.4 is 0 Å². The maximum atomic E-state index is 12.1. The molecule has 0 radical (unpaired) electrons. The Balaban J connectivity index is 1.88. The number of aliphatic hydroxyl groups is 1. The van der Waals surface area contributed by atoms with Crippen molar-refractivity contribution in [1.29, 1.82) is 0 Å². The number of rotatable bonds is 11. The van der Waals surface area contributed by atoms with Crippen LogP contribution in [0.5, 0.6) is 0 Å². The van der Waals surface area contributed by atoms with E-state index in [1.165, 1.54) is 51.4 Å². The highest BCUT2D eigenvalue weighted by Crippen LogP contribution is 2.51. The first-order valence-electron chi connectivity index (χ1n) is 8.22. The third-order valence-corrected chi connectivity index (χ3v) is 5.66. The van der Waals surface area contributed by atoms with Crippen molar-refractivity contribution in [3.05, 3.63) is 0 Å². The minimum atomic E-state index is -2.88. The van der Waals surface area contributed by atoms with E-state index in [9.17, 15) is 9.67 Å². The zero-order valence-electron chi connectivity index (χ0n) is 12.9. The van der Waals surface area contributed by atoms with Gasteiger partial charge in [0.25, 0.3) is 0 Å². The molecular weight excluding hydrogens is 275 g/mol. The molecule has 1 fully saturated rings. The molecule has 4 nitrogen and oxygen atoms in total. The normalized spacial score (nSPS) is 26.8. The number of hydrogen-bond donors (Lipinski definition) is 1. The smallest absolute Gasteiger partial charge is 0.330 e. The van der Waals surface area contributed by atoms with Gasteiger partial charge in [0, 0.05) is 0 Å². The summed E-state index contributed by atoms with van der Waals surface area (Å²) in [7, 11) is -2.88. The summed E-state index contributed by atoms with van der Waals surface area (Å²) in [6.45, 7) is 2.54. The lowest BCUT2D eigenvalue weighted by molar-refractivity contribution is 0.0152. The van der Waals surface area contributed by atoms with E-state index in [1.807, 2.05) is 0 Å². The number of hydrogen-bond acceptors (Lipinski definition) is 4. The van der Waals surface area contributed by atoms with E-state index in [4.69, 9.17) is 9.05 Å². The maximum absolute atomic E-state index is 12.1. The predicted molar refractivity (Wildman–Crippen MR) is 82.2 cm³/mol. The molecule has 0 atom stereocenters. The summed E-state index contributed by atoms with van der Waals surface area (Å²) in [6.07, 6.45) is 12.4. The Labute approximate surface area is 123 Å². The summed E-state index contributed by atoms with van der Waals surface area (Å²) >= 11 is 0. The monoisotopic (exact) mass is 306 g/mol. The fraction of sp³-hybridized carbons (Fsp3) is 1.00. The Bertz CT molecular complexity index is 271. The van der Waals surface area contributed by atoms with Gasteiger partial charge in [0.2, 0.25) is 0 Å². The Kier molecular flexibility index (Phi) is 9.79. The molecule has 0 aromatic heterocycles. The second kappa shape index (κ2) is 10.8. The van der Waals surface area contributed by atoms with Gasteiger partial charge in [-0.25, -0.2) is 0 Å². The second-order valence-electron chi connectivity index (χ2n) is 5.76. The molecule has 1 saturated heterocycles. The molecule has 0 bridgehead atoms. The van der Waals surface area contributed by atoms with Crippen LogP contribution in [0, 0.1) is 0 Å². The molecule has 20 heavy (non-hydrogen) atoms. The van der Waals surface area contributed by atoms with Crippen LogP contribution in [-0.2, 0) is 13.6 Å². The highest BCUT2D eigenvalue weighted by Gasteiger charge is 2.30. The first-order chi connectivity index (χ1) is 9.66. The Hall–Kier alpha value is 0.110. The van der Waals surface area contributed by atoms with Crippen molar-refractivity contribution < 1.29 is 18.7 Å². The first kappa shape index (κ1) is 18.2. The molecule has 120 valence electrons. The summed E-state index contributed by atoms with van der Waals surface area (Å²) in [5.41, 5.74) is 0. The summed E-state index contributed by atoms with van der Waals surface area (Å²) in [4.78, 5) is 0. The lowest BCUT2D eigenvalue weighted by atomic mass is 10.1. The van der Waals surface area contributed by atoms with Crippen LogP contribution in [0.4, 0.5) is 0 Å². The molecule has 5 heteroatoms. The van der Waals surface area contributed by atoms with Crippen LogP contribution in [0.3, 0.4) is 0 Å². The molecule has 0 saturated carbocycles. The summed E-state index contributed by atoms with van der Waals surface area (Å²) < 4.78 is 22.3. The van der Waals surface area contributed by atoms with Gasteiger partial charge in [-0.15, -0.1) is 0 Å². The molecule has 0 aromatic carbocycles. The lowest BCUT2D eigenvalue weighted by Crippen LogP contribution is -2.26. The average Bonchev–Trinajstić information content (AvgIpc) is 2.45. The molecule has 1 rings (SSSR count). The third kappa shape index (κ3) is 8.41. The number of unbranched alkanes of at least 4 members (excludes halogenated alkanes) is 9. The van der Waals surface area contributed by atoms with E-state index >= 15 is 0 Å². The predicted octanol–water partition coefficient (Wildman–Crippen LogP) is 4.51. The Morgan fingerprint density at radius 3 is 1.85 bits per heavy atom. The van der Waals surface area contributed by atoms with Gasteiger partial charge in [-0.3, -0.25) is 4.57 Å². The zero-order chi connectivity index (χ0) is 14.7. The van der Waals surface area contributed by atoms with Crippen molar-refractivity contribution in [3.63, 3.8) is 0 Å². The minimum Gasteiger partial charge on any atom is -0.388 e. The van der Waals surface area contributed by atoms with Crippen LogP contribution in [0.1, 0.15) is 71.1 Å². The summed E-state index contributed by atoms with van der Waals surface area (Å²) in [5.74, 6) is 0. The zero-order valence-corrected chi connectivity index (χ0v) is 13.8. The van der Waals surface area contributed by atoms with E-state index in [-0.39, 0.29) is 13.2 Å². The van der Waals surface area contributed by atoms with Crippen LogP contribution in [-0.4, -0.2) is 30.6 Å². The fourth-order valence-electron chi connectivity index (χ4n) is 2.41. The van der Waals surface area contributed by atoms with E-state index in [2.05, 4.69) is 6.92 Å². The molecule has 1 aliphatic rings. The largest absolute Gasteiger partial charge is 0.388 e. The van der Waals surface area contributed by atoms with Gasteiger partial charge in [-0.05, 0) is 6.42 Å². The molecule has 0 amide bonds. The summed E-state index contributed by atoms with van der Waals surface area (Å²) in [6, 6.07) is 0. The van der Waals surface area contributed by atoms with Crippen molar-refractivity contribution in [2.24, 2.45) is 0 Å². The van der Waals surface area contributed by atoms with Crippen molar-refractivity contribution in [3.8, 4) is 0 Å². The lowest BCUT2D eigenvalue weighted by Gasteiger charge is -2.26. The minimum absolute atomic E-state index is 0.148. The van der Waals surface area contributed by atoms with Crippen LogP contribution >= 0.6 is 7.60 Å². The van der Waals surface area contributed by atoms with Gasteiger partial charge < -0.3 is 14.2 Å². The van der Waals surface area contributed by atoms with Gasteiger partial charge in [0.15, 0.2) is 0 Å². The Morgan fingerprint density at radius 1 is 0.900 bits per heavy atom. The van der Waals surface area contributed by atoms with Gasteiger partial charge >= 0.3 is 7.60 Å². The van der Waals surface area contributed by atoms with Crippen molar-refractivity contribution >= 4 is 7.60 Å². The highest BCUT2D eigenvalue weighted by molar-refractivity contribution is 7.53. The topological polar surface area (TPSA) is 55.8 Å². The first-order valence-corrected chi connectivity index (χ1v) is 9.95. The van der Waals surface area contributed by atoms with Crippen molar-refractivity contribution in [2.45, 2.75) is 77.2 Å². The van der Waals surface area contributed by atoms with Crippen LogP contribution in [0.15, 0.2) is 0 Å². The molecule has 1 N–H and O–H groups in total. The van der Waals surface area contributed by atoms with E-state index in [1.54, 1.807) is 0 Å². The molecule has 0 spiro atoms. The maximum Gasteiger partial charge on any atom is 0.330 e. The van der Waals surface area contributed by atoms with Crippen LogP contribution in [0.25, 0.3) is 0 Å². The van der Waals surface area contributed by atoms with Gasteiger partial charge in [0.05, 0.1) is 19.4 Å². The standard InChI is InChI=1S/C15H31O4P/c1-2-3-4-5-6-7-8-9-10-11-12-20(17)18-13-15(16)14-19-20/h15-16H,2-14H2,1H3. The van der Waals surface area contributed by atoms with E-state index in [0.29, 0.717) is 6.16 Å². The Morgan fingerprint density at radius 2 is 1.35 bits per heavy atom. The van der Waals surface area contributed by atoms with Crippen molar-refractivity contribution in [2.75, 3.05) is 19.4 Å². The molecule has 0 unspecified atom stereocenters. The second-order valence-corrected chi connectivity index (χ2v) is 7.95. The van der Waals surface area contributed by atoms with Gasteiger partial charge in [0.1, 0.15) is 6.10 Å². The average molecular weight is 306 g/mol. The quantitative estimate of drug-likeness (QED) is 0.451. The van der Waals surface area contributed by atoms with E-state index in [0.717, 1.165) is 12.8 Å². The molecule has 1 heterocycles. The van der Waals surface area contributed by atoms with Crippen LogP contribution in [0.2, 0.25) is 0 Å². The fourth-order valence-corrected chi connectivity index (χ4v) is 4.15. The van der Waals surface area contributed by atoms with Crippen molar-refractivity contribution in [1.82, 2.24) is 0 Å². The molecule has 1 aliphatic heterocycles. The van der Waals surface area contributed by atoms with Gasteiger partial charge in [-0.1, -0.05) is 64.7 Å². The number of aliphatic hydroxyl groups excluding tert-OH is 1.